The fraction of sp³-hybridized carbons (Fsp3) is 0.250. The number of rotatable bonds is 10. The number of nitrogens with zero attached hydrogens (tertiary/aromatic N) is 5. The summed E-state index contributed by atoms with van der Waals surface area (Å²) >= 11 is 0. The number of hydrogen-bond acceptors (Lipinski definition) is 9. The Morgan fingerprint density at radius 2 is 2.03 bits per heavy atom. The Kier molecular flexibility index (Phi) is 5.92. The van der Waals surface area contributed by atoms with E-state index in [-0.39, 0.29) is 12.4 Å². The lowest BCUT2D eigenvalue weighted by molar-refractivity contribution is -0.137. The molecule has 0 fully saturated rings. The third-order valence-electron chi connectivity index (χ3n) is 4.40. The van der Waals surface area contributed by atoms with Crippen LogP contribution in [0.15, 0.2) is 47.1 Å². The molecule has 0 saturated heterocycles. The van der Waals surface area contributed by atoms with Gasteiger partial charge in [-0.05, 0) is 42.7 Å². The van der Waals surface area contributed by atoms with Gasteiger partial charge in [-0.3, -0.25) is 4.79 Å². The molecular formula is C20H21N7O4. The summed E-state index contributed by atoms with van der Waals surface area (Å²) in [5.74, 6) is 1.65. The highest BCUT2D eigenvalue weighted by Gasteiger charge is 2.13. The van der Waals surface area contributed by atoms with Crippen LogP contribution in [0.4, 0.5) is 11.9 Å². The van der Waals surface area contributed by atoms with Gasteiger partial charge in [0.2, 0.25) is 17.7 Å². The summed E-state index contributed by atoms with van der Waals surface area (Å²) in [4.78, 5) is 23.4. The molecule has 3 heterocycles. The number of carboxylic acids is 1. The van der Waals surface area contributed by atoms with Crippen molar-refractivity contribution in [1.29, 1.82) is 0 Å². The SMILES string of the molecule is Nc1nc(NCCc2ccc(OCCCC(=O)O)cc2)nc2nc(-c3ccco3)nn12. The quantitative estimate of drug-likeness (QED) is 0.324. The van der Waals surface area contributed by atoms with Gasteiger partial charge in [0.15, 0.2) is 5.76 Å². The molecule has 0 aliphatic rings. The number of aliphatic carboxylic acids is 1. The van der Waals surface area contributed by atoms with Crippen molar-refractivity contribution < 1.29 is 19.1 Å². The molecule has 1 aromatic carbocycles. The predicted molar refractivity (Wildman–Crippen MR) is 112 cm³/mol. The van der Waals surface area contributed by atoms with E-state index in [0.29, 0.717) is 48.6 Å². The number of fused-ring (bicyclic) bond motifs is 1. The average molecular weight is 423 g/mol. The van der Waals surface area contributed by atoms with E-state index in [2.05, 4.69) is 25.4 Å². The summed E-state index contributed by atoms with van der Waals surface area (Å²) in [6, 6.07) is 11.2. The van der Waals surface area contributed by atoms with Crippen molar-refractivity contribution in [2.24, 2.45) is 0 Å². The van der Waals surface area contributed by atoms with Gasteiger partial charge in [0.25, 0.3) is 5.78 Å². The van der Waals surface area contributed by atoms with Crippen LogP contribution in [0.3, 0.4) is 0 Å². The topological polar surface area (TPSA) is 154 Å². The molecule has 11 nitrogen and oxygen atoms in total. The molecule has 0 spiro atoms. The van der Waals surface area contributed by atoms with Crippen molar-refractivity contribution in [2.45, 2.75) is 19.3 Å². The number of carbonyl (C=O) groups is 1. The van der Waals surface area contributed by atoms with Crippen LogP contribution in [0.5, 0.6) is 5.75 Å². The number of carboxylic acid groups (broad SMARTS) is 1. The summed E-state index contributed by atoms with van der Waals surface area (Å²) in [5.41, 5.74) is 7.08. The molecule has 4 N–H and O–H groups in total. The van der Waals surface area contributed by atoms with Crippen molar-refractivity contribution in [3.8, 4) is 17.3 Å². The summed E-state index contributed by atoms with van der Waals surface area (Å²) in [5, 5.41) is 16.0. The number of aromatic nitrogens is 5. The Labute approximate surface area is 176 Å². The maximum absolute atomic E-state index is 10.5. The molecule has 0 saturated carbocycles. The van der Waals surface area contributed by atoms with Crippen LogP contribution in [0, 0.1) is 0 Å². The molecule has 0 bridgehead atoms. The Bertz CT molecular complexity index is 1160. The maximum Gasteiger partial charge on any atom is 0.303 e. The number of nitrogens with two attached hydrogens (primary N) is 1. The maximum atomic E-state index is 10.5. The van der Waals surface area contributed by atoms with Gasteiger partial charge >= 0.3 is 5.97 Å². The van der Waals surface area contributed by atoms with Crippen molar-refractivity contribution in [3.63, 3.8) is 0 Å². The number of nitrogens with one attached hydrogen (secondary N) is 1. The third-order valence-corrected chi connectivity index (χ3v) is 4.40. The highest BCUT2D eigenvalue weighted by Crippen LogP contribution is 2.18. The minimum atomic E-state index is -0.821. The molecule has 0 amide bonds. The Balaban J connectivity index is 1.31. The number of benzene rings is 1. The minimum absolute atomic E-state index is 0.0983. The van der Waals surface area contributed by atoms with Crippen LogP contribution in [-0.4, -0.2) is 48.8 Å². The van der Waals surface area contributed by atoms with E-state index in [1.807, 2.05) is 24.3 Å². The van der Waals surface area contributed by atoms with E-state index in [1.165, 1.54) is 4.52 Å². The Hall–Kier alpha value is -4.15. The number of ether oxygens (including phenoxy) is 1. The summed E-state index contributed by atoms with van der Waals surface area (Å²) in [6.07, 6.45) is 2.85. The largest absolute Gasteiger partial charge is 0.494 e. The molecule has 31 heavy (non-hydrogen) atoms. The third kappa shape index (κ3) is 5.07. The normalized spacial score (nSPS) is 11.0. The first-order chi connectivity index (χ1) is 15.1. The first kappa shape index (κ1) is 20.1. The first-order valence-corrected chi connectivity index (χ1v) is 9.70. The van der Waals surface area contributed by atoms with E-state index >= 15 is 0 Å². The lowest BCUT2D eigenvalue weighted by Crippen LogP contribution is -2.12. The summed E-state index contributed by atoms with van der Waals surface area (Å²) < 4.78 is 12.2. The van der Waals surface area contributed by atoms with Crippen molar-refractivity contribution >= 4 is 23.6 Å². The molecular weight excluding hydrogens is 402 g/mol. The summed E-state index contributed by atoms with van der Waals surface area (Å²) in [7, 11) is 0. The molecule has 3 aromatic heterocycles. The zero-order chi connectivity index (χ0) is 21.6. The van der Waals surface area contributed by atoms with Crippen LogP contribution < -0.4 is 15.8 Å². The second-order valence-electron chi connectivity index (χ2n) is 6.70. The zero-order valence-electron chi connectivity index (χ0n) is 16.6. The number of hydrogen-bond donors (Lipinski definition) is 3. The van der Waals surface area contributed by atoms with Crippen LogP contribution in [0.1, 0.15) is 18.4 Å². The number of anilines is 2. The lowest BCUT2D eigenvalue weighted by atomic mass is 10.1. The molecule has 0 atom stereocenters. The van der Waals surface area contributed by atoms with E-state index in [0.717, 1.165) is 12.0 Å². The first-order valence-electron chi connectivity index (χ1n) is 9.70. The monoisotopic (exact) mass is 423 g/mol. The highest BCUT2D eigenvalue weighted by molar-refractivity contribution is 5.66. The molecule has 0 aliphatic heterocycles. The molecule has 0 unspecified atom stereocenters. The molecule has 0 aliphatic carbocycles. The average Bonchev–Trinajstić information content (AvgIpc) is 3.42. The van der Waals surface area contributed by atoms with Gasteiger partial charge in [-0.2, -0.15) is 19.5 Å². The lowest BCUT2D eigenvalue weighted by Gasteiger charge is -2.08. The van der Waals surface area contributed by atoms with E-state index in [4.69, 9.17) is 20.0 Å². The fourth-order valence-corrected chi connectivity index (χ4v) is 2.88. The smallest absolute Gasteiger partial charge is 0.303 e. The molecule has 11 heteroatoms. The number of nitrogen functional groups attached to an aromatic ring is 1. The van der Waals surface area contributed by atoms with Gasteiger partial charge in [-0.15, -0.1) is 5.10 Å². The van der Waals surface area contributed by atoms with Crippen LogP contribution in [0.2, 0.25) is 0 Å². The van der Waals surface area contributed by atoms with E-state index < -0.39 is 5.97 Å². The van der Waals surface area contributed by atoms with Gasteiger partial charge in [-0.25, -0.2) is 0 Å². The second-order valence-corrected chi connectivity index (χ2v) is 6.70. The number of furan rings is 1. The predicted octanol–water partition coefficient (Wildman–Crippen LogP) is 2.26. The second kappa shape index (κ2) is 9.11. The summed E-state index contributed by atoms with van der Waals surface area (Å²) in [6.45, 7) is 0.965. The van der Waals surface area contributed by atoms with Crippen LogP contribution in [0.25, 0.3) is 17.4 Å². The van der Waals surface area contributed by atoms with Gasteiger partial charge < -0.3 is 25.3 Å². The molecule has 0 radical (unpaired) electrons. The van der Waals surface area contributed by atoms with Crippen LogP contribution >= 0.6 is 0 Å². The standard InChI is InChI=1S/C20H21N7O4/c21-18-24-19(25-20-23-17(26-27(18)20)15-3-1-12-31-15)22-10-9-13-5-7-14(8-6-13)30-11-2-4-16(28)29/h1,3,5-8,12H,2,4,9-11H2,(H,28,29)(H3,21,22,23,24,25,26). The van der Waals surface area contributed by atoms with E-state index in [1.54, 1.807) is 18.4 Å². The van der Waals surface area contributed by atoms with Crippen molar-refractivity contribution in [1.82, 2.24) is 24.6 Å². The molecule has 4 aromatic rings. The van der Waals surface area contributed by atoms with Crippen molar-refractivity contribution in [2.75, 3.05) is 24.2 Å². The minimum Gasteiger partial charge on any atom is -0.494 e. The van der Waals surface area contributed by atoms with Gasteiger partial charge in [-0.1, -0.05) is 12.1 Å². The Morgan fingerprint density at radius 3 is 2.77 bits per heavy atom. The van der Waals surface area contributed by atoms with Gasteiger partial charge in [0, 0.05) is 13.0 Å². The Morgan fingerprint density at radius 1 is 1.19 bits per heavy atom. The van der Waals surface area contributed by atoms with Crippen LogP contribution in [-0.2, 0) is 11.2 Å². The zero-order valence-corrected chi connectivity index (χ0v) is 16.6. The van der Waals surface area contributed by atoms with Crippen molar-refractivity contribution in [3.05, 3.63) is 48.2 Å². The fourth-order valence-electron chi connectivity index (χ4n) is 2.88. The molecule has 4 rings (SSSR count). The molecule has 160 valence electrons. The van der Waals surface area contributed by atoms with Gasteiger partial charge in [0.05, 0.1) is 12.9 Å². The highest BCUT2D eigenvalue weighted by atomic mass is 16.5. The van der Waals surface area contributed by atoms with Gasteiger partial charge in [0.1, 0.15) is 5.75 Å². The van der Waals surface area contributed by atoms with E-state index in [9.17, 15) is 4.79 Å².